The van der Waals surface area contributed by atoms with Crippen LogP contribution in [-0.2, 0) is 4.74 Å². The summed E-state index contributed by atoms with van der Waals surface area (Å²) in [5, 5.41) is 4.64. The monoisotopic (exact) mass is 323 g/mol. The maximum atomic E-state index is 5.85. The van der Waals surface area contributed by atoms with Gasteiger partial charge in [-0.1, -0.05) is 16.8 Å². The minimum atomic E-state index is -0.137. The van der Waals surface area contributed by atoms with E-state index >= 15 is 0 Å². The Kier molecular flexibility index (Phi) is 4.92. The summed E-state index contributed by atoms with van der Waals surface area (Å²) in [5.74, 6) is 1.99. The molecule has 118 valence electrons. The second-order valence-electron chi connectivity index (χ2n) is 5.13. The van der Waals surface area contributed by atoms with Crippen LogP contribution in [0.4, 0.5) is 0 Å². The number of benzene rings is 1. The molecule has 1 aromatic heterocycles. The van der Waals surface area contributed by atoms with Gasteiger partial charge in [0.1, 0.15) is 18.5 Å². The summed E-state index contributed by atoms with van der Waals surface area (Å²) in [6.07, 6.45) is -0.137. The lowest BCUT2D eigenvalue weighted by Gasteiger charge is -2.31. The predicted octanol–water partition coefficient (Wildman–Crippen LogP) is 2.48. The van der Waals surface area contributed by atoms with Crippen LogP contribution >= 0.6 is 11.6 Å². The Morgan fingerprint density at radius 2 is 2.18 bits per heavy atom. The minimum Gasteiger partial charge on any atom is -0.492 e. The van der Waals surface area contributed by atoms with Gasteiger partial charge in [-0.05, 0) is 24.3 Å². The van der Waals surface area contributed by atoms with Crippen LogP contribution in [0, 0.1) is 6.92 Å². The number of hydrogen-bond acceptors (Lipinski definition) is 6. The Morgan fingerprint density at radius 3 is 2.91 bits per heavy atom. The average Bonchev–Trinajstić information content (AvgIpc) is 2.96. The Hall–Kier alpha value is -1.63. The summed E-state index contributed by atoms with van der Waals surface area (Å²) in [7, 11) is 0. The largest absolute Gasteiger partial charge is 0.492 e. The van der Waals surface area contributed by atoms with Gasteiger partial charge in [-0.25, -0.2) is 0 Å². The molecule has 2 heterocycles. The molecule has 1 aliphatic heterocycles. The SMILES string of the molecule is Cc1nc(C2CN(CCOc3ccc(Cl)cc3)CCO2)no1. The first-order chi connectivity index (χ1) is 10.7. The summed E-state index contributed by atoms with van der Waals surface area (Å²) in [5.41, 5.74) is 0. The molecule has 0 saturated carbocycles. The lowest BCUT2D eigenvalue weighted by Crippen LogP contribution is -2.40. The highest BCUT2D eigenvalue weighted by Crippen LogP contribution is 2.20. The molecule has 0 N–H and O–H groups in total. The van der Waals surface area contributed by atoms with Gasteiger partial charge >= 0.3 is 0 Å². The maximum Gasteiger partial charge on any atom is 0.223 e. The first-order valence-electron chi connectivity index (χ1n) is 7.23. The first kappa shape index (κ1) is 15.3. The lowest BCUT2D eigenvalue weighted by atomic mass is 10.2. The van der Waals surface area contributed by atoms with Crippen molar-refractivity contribution in [2.24, 2.45) is 0 Å². The second kappa shape index (κ2) is 7.09. The Morgan fingerprint density at radius 1 is 1.36 bits per heavy atom. The van der Waals surface area contributed by atoms with Crippen molar-refractivity contribution in [1.29, 1.82) is 0 Å². The molecule has 1 unspecified atom stereocenters. The van der Waals surface area contributed by atoms with E-state index in [0.29, 0.717) is 30.0 Å². The summed E-state index contributed by atoms with van der Waals surface area (Å²) in [6, 6.07) is 7.37. The Balaban J connectivity index is 1.47. The predicted molar refractivity (Wildman–Crippen MR) is 81.1 cm³/mol. The molecule has 7 heteroatoms. The van der Waals surface area contributed by atoms with Gasteiger partial charge < -0.3 is 14.0 Å². The summed E-state index contributed by atoms with van der Waals surface area (Å²) >= 11 is 5.85. The highest BCUT2D eigenvalue weighted by atomic mass is 35.5. The molecular weight excluding hydrogens is 306 g/mol. The van der Waals surface area contributed by atoms with Crippen LogP contribution in [0.1, 0.15) is 17.8 Å². The molecule has 1 aliphatic rings. The minimum absolute atomic E-state index is 0.137. The number of halogens is 1. The quantitative estimate of drug-likeness (QED) is 0.842. The molecule has 22 heavy (non-hydrogen) atoms. The van der Waals surface area contributed by atoms with E-state index in [1.54, 1.807) is 6.92 Å². The highest BCUT2D eigenvalue weighted by Gasteiger charge is 2.25. The molecular formula is C15H18ClN3O3. The van der Waals surface area contributed by atoms with E-state index in [4.69, 9.17) is 25.6 Å². The molecule has 0 radical (unpaired) electrons. The zero-order valence-corrected chi connectivity index (χ0v) is 13.1. The zero-order valence-electron chi connectivity index (χ0n) is 12.4. The third-order valence-corrected chi connectivity index (χ3v) is 3.72. The van der Waals surface area contributed by atoms with Crippen LogP contribution in [0.5, 0.6) is 5.75 Å². The van der Waals surface area contributed by atoms with Crippen LogP contribution in [0.15, 0.2) is 28.8 Å². The molecule has 2 aromatic rings. The van der Waals surface area contributed by atoms with E-state index < -0.39 is 0 Å². The average molecular weight is 324 g/mol. The van der Waals surface area contributed by atoms with Gasteiger partial charge in [0, 0.05) is 31.6 Å². The van der Waals surface area contributed by atoms with E-state index in [2.05, 4.69) is 15.0 Å². The second-order valence-corrected chi connectivity index (χ2v) is 5.57. The lowest BCUT2D eigenvalue weighted by molar-refractivity contribution is -0.0379. The number of rotatable bonds is 5. The van der Waals surface area contributed by atoms with Crippen molar-refractivity contribution in [2.45, 2.75) is 13.0 Å². The van der Waals surface area contributed by atoms with E-state index in [0.717, 1.165) is 25.4 Å². The molecule has 0 amide bonds. The van der Waals surface area contributed by atoms with Gasteiger partial charge in [-0.15, -0.1) is 0 Å². The van der Waals surface area contributed by atoms with Gasteiger partial charge in [0.15, 0.2) is 0 Å². The van der Waals surface area contributed by atoms with Crippen molar-refractivity contribution in [3.63, 3.8) is 0 Å². The fourth-order valence-electron chi connectivity index (χ4n) is 2.33. The first-order valence-corrected chi connectivity index (χ1v) is 7.61. The Bertz CT molecular complexity index is 602. The smallest absolute Gasteiger partial charge is 0.223 e. The van der Waals surface area contributed by atoms with Gasteiger partial charge in [-0.2, -0.15) is 4.98 Å². The fraction of sp³-hybridized carbons (Fsp3) is 0.467. The van der Waals surface area contributed by atoms with Crippen molar-refractivity contribution in [3.05, 3.63) is 41.0 Å². The number of hydrogen-bond donors (Lipinski definition) is 0. The van der Waals surface area contributed by atoms with Gasteiger partial charge in [-0.3, -0.25) is 4.90 Å². The van der Waals surface area contributed by atoms with Crippen molar-refractivity contribution >= 4 is 11.6 Å². The molecule has 1 fully saturated rings. The van der Waals surface area contributed by atoms with Crippen LogP contribution < -0.4 is 4.74 Å². The van der Waals surface area contributed by atoms with Crippen LogP contribution in [0.2, 0.25) is 5.02 Å². The van der Waals surface area contributed by atoms with E-state index in [-0.39, 0.29) is 6.10 Å². The van der Waals surface area contributed by atoms with E-state index in [1.807, 2.05) is 24.3 Å². The van der Waals surface area contributed by atoms with Crippen LogP contribution in [-0.4, -0.2) is 47.9 Å². The normalized spacial score (nSPS) is 19.3. The Labute approximate surface area is 134 Å². The van der Waals surface area contributed by atoms with Gasteiger partial charge in [0.05, 0.1) is 6.61 Å². The molecule has 1 aromatic carbocycles. The standard InChI is InChI=1S/C15H18ClN3O3/c1-11-17-15(18-22-11)14-10-19(7-9-21-14)6-8-20-13-4-2-12(16)3-5-13/h2-5,14H,6-10H2,1H3. The number of morpholine rings is 1. The van der Waals surface area contributed by atoms with E-state index in [9.17, 15) is 0 Å². The third-order valence-electron chi connectivity index (χ3n) is 3.47. The van der Waals surface area contributed by atoms with Crippen molar-refractivity contribution in [3.8, 4) is 5.75 Å². The van der Waals surface area contributed by atoms with Crippen LogP contribution in [0.3, 0.4) is 0 Å². The number of nitrogens with zero attached hydrogens (tertiary/aromatic N) is 3. The van der Waals surface area contributed by atoms with Crippen molar-refractivity contribution in [1.82, 2.24) is 15.0 Å². The van der Waals surface area contributed by atoms with Crippen molar-refractivity contribution < 1.29 is 14.0 Å². The topological polar surface area (TPSA) is 60.6 Å². The van der Waals surface area contributed by atoms with Crippen LogP contribution in [0.25, 0.3) is 0 Å². The van der Waals surface area contributed by atoms with Gasteiger partial charge in [0.25, 0.3) is 0 Å². The molecule has 0 bridgehead atoms. The molecule has 6 nitrogen and oxygen atoms in total. The molecule has 0 spiro atoms. The van der Waals surface area contributed by atoms with E-state index in [1.165, 1.54) is 0 Å². The zero-order chi connectivity index (χ0) is 15.4. The third kappa shape index (κ3) is 3.97. The molecule has 3 rings (SSSR count). The molecule has 1 saturated heterocycles. The number of ether oxygens (including phenoxy) is 2. The van der Waals surface area contributed by atoms with Gasteiger partial charge in [0.2, 0.25) is 11.7 Å². The van der Waals surface area contributed by atoms with Crippen molar-refractivity contribution in [2.75, 3.05) is 32.8 Å². The summed E-state index contributed by atoms with van der Waals surface area (Å²) in [4.78, 5) is 6.51. The number of aryl methyl sites for hydroxylation is 1. The molecule has 1 atom stereocenters. The summed E-state index contributed by atoms with van der Waals surface area (Å²) < 4.78 is 16.4. The fourth-order valence-corrected chi connectivity index (χ4v) is 2.46. The maximum absolute atomic E-state index is 5.85. The summed E-state index contributed by atoms with van der Waals surface area (Å²) in [6.45, 7) is 5.47. The number of aromatic nitrogens is 2. The molecule has 0 aliphatic carbocycles. The highest BCUT2D eigenvalue weighted by molar-refractivity contribution is 6.30.